The Morgan fingerprint density at radius 3 is 1.10 bits per heavy atom. The summed E-state index contributed by atoms with van der Waals surface area (Å²) in [7, 11) is -14.1. The first kappa shape index (κ1) is 69.8. The Kier molecular flexibility index (Phi) is 49.4. The summed E-state index contributed by atoms with van der Waals surface area (Å²) in [5, 5.41) is 40.6. The van der Waals surface area contributed by atoms with Gasteiger partial charge in [-0.15, -0.1) is 0 Å². The average Bonchev–Trinajstić information content (AvgIpc) is 3.08. The van der Waals surface area contributed by atoms with E-state index in [1.165, 1.54) is 6.04 Å². The molecule has 352 valence electrons. The summed E-state index contributed by atoms with van der Waals surface area (Å²) in [6.45, 7) is 24.0. The van der Waals surface area contributed by atoms with E-state index in [0.717, 1.165) is 38.8 Å². The quantitative estimate of drug-likeness (QED) is 0.0402. The molecule has 8 nitrogen and oxygen atoms in total. The molecule has 0 aliphatic heterocycles. The summed E-state index contributed by atoms with van der Waals surface area (Å²) in [5.41, 5.74) is 0. The molecule has 0 aliphatic rings. The van der Waals surface area contributed by atoms with Crippen LogP contribution < -0.4 is 0 Å². The van der Waals surface area contributed by atoms with E-state index in [1.54, 1.807) is 52.5 Å². The number of unbranched alkanes of at least 4 members (excludes halogenated alkanes) is 3. The average molecular weight is 969 g/mol. The predicted molar refractivity (Wildman–Crippen MR) is 248 cm³/mol. The van der Waals surface area contributed by atoms with Crippen molar-refractivity contribution in [1.29, 1.82) is 26.3 Å². The summed E-state index contributed by atoms with van der Waals surface area (Å²) in [5.74, 6) is 0.0162. The molecule has 0 saturated carbocycles. The number of hydrogen-bond donors (Lipinski definition) is 0. The molecular formula is C39H80F7N5O3Si6. The maximum Gasteiger partial charge on any atom is 0.423 e. The molecule has 0 radical (unpaired) electrons. The lowest BCUT2D eigenvalue weighted by molar-refractivity contribution is 0.0249. The summed E-state index contributed by atoms with van der Waals surface area (Å²) in [6.07, 6.45) is 5.21. The second-order valence-electron chi connectivity index (χ2n) is 17.4. The minimum absolute atomic E-state index is 0.00424. The molecule has 21 heteroatoms. The molecule has 1 unspecified atom stereocenters. The molecule has 0 aliphatic carbocycles. The summed E-state index contributed by atoms with van der Waals surface area (Å²) >= 11 is 0. The molecular weight excluding hydrogens is 888 g/mol. The van der Waals surface area contributed by atoms with Crippen LogP contribution in [0.25, 0.3) is 0 Å². The lowest BCUT2D eigenvalue weighted by Crippen LogP contribution is -2.18. The van der Waals surface area contributed by atoms with Gasteiger partial charge in [0, 0.05) is 59.4 Å². The van der Waals surface area contributed by atoms with Gasteiger partial charge in [0.2, 0.25) is 25.2 Å². The van der Waals surface area contributed by atoms with E-state index in [-0.39, 0.29) is 30.8 Å². The van der Waals surface area contributed by atoms with Gasteiger partial charge in [-0.3, -0.25) is 16.4 Å². The number of ether oxygens (including phenoxy) is 3. The van der Waals surface area contributed by atoms with Crippen molar-refractivity contribution >= 4 is 50.8 Å². The van der Waals surface area contributed by atoms with Crippen LogP contribution in [0.3, 0.4) is 0 Å². The van der Waals surface area contributed by atoms with Crippen LogP contribution in [0.15, 0.2) is 0 Å². The van der Waals surface area contributed by atoms with Crippen molar-refractivity contribution < 1.29 is 43.0 Å². The van der Waals surface area contributed by atoms with Gasteiger partial charge in [-0.1, -0.05) is 25.7 Å². The van der Waals surface area contributed by atoms with Crippen LogP contribution >= 0.6 is 0 Å². The van der Waals surface area contributed by atoms with Crippen molar-refractivity contribution in [2.24, 2.45) is 5.92 Å². The van der Waals surface area contributed by atoms with Crippen LogP contribution in [0.1, 0.15) is 64.7 Å². The zero-order valence-electron chi connectivity index (χ0n) is 39.3. The van der Waals surface area contributed by atoms with Crippen molar-refractivity contribution in [2.45, 2.75) is 173 Å². The number of methoxy groups -OCH3 is 1. The highest BCUT2D eigenvalue weighted by Crippen LogP contribution is 2.18. The van der Waals surface area contributed by atoms with E-state index < -0.39 is 50.8 Å². The number of rotatable bonds is 24. The Morgan fingerprint density at radius 1 is 0.433 bits per heavy atom. The van der Waals surface area contributed by atoms with Gasteiger partial charge in [0.05, 0.1) is 56.8 Å². The fourth-order valence-electron chi connectivity index (χ4n) is 3.72. The molecule has 0 N–H and O–H groups in total. The minimum Gasteiger partial charge on any atom is -0.382 e. The fraction of sp³-hybridized carbons (Fsp3) is 0.872. The Balaban J connectivity index is -0.000000148. The van der Waals surface area contributed by atoms with Gasteiger partial charge in [0.15, 0.2) is 0 Å². The van der Waals surface area contributed by atoms with Gasteiger partial charge in [-0.25, -0.2) is 0 Å². The molecule has 0 aromatic carbocycles. The topological polar surface area (TPSA) is 147 Å². The van der Waals surface area contributed by atoms with Crippen LogP contribution in [-0.2, 0) is 14.2 Å². The Labute approximate surface area is 368 Å². The highest BCUT2D eigenvalue weighted by atomic mass is 28.4. The summed E-state index contributed by atoms with van der Waals surface area (Å²) in [6, 6.07) is 12.7. The van der Waals surface area contributed by atoms with Gasteiger partial charge in [0.25, 0.3) is 0 Å². The van der Waals surface area contributed by atoms with E-state index in [1.807, 2.05) is 19.1 Å². The number of halogens is 7. The third kappa shape index (κ3) is 101. The second-order valence-corrected chi connectivity index (χ2v) is 40.2. The normalized spacial score (nSPS) is 11.7. The number of nitrogens with zero attached hydrogens (tertiary/aromatic N) is 5. The maximum absolute atomic E-state index is 13.1. The lowest BCUT2D eigenvalue weighted by atomic mass is 10.1. The molecule has 1 atom stereocenters. The van der Waals surface area contributed by atoms with E-state index in [2.05, 4.69) is 31.8 Å². The van der Waals surface area contributed by atoms with Crippen LogP contribution in [0.4, 0.5) is 28.8 Å². The van der Waals surface area contributed by atoms with Gasteiger partial charge >= 0.3 is 17.5 Å². The molecule has 60 heavy (non-hydrogen) atoms. The zero-order chi connectivity index (χ0) is 48.4. The van der Waals surface area contributed by atoms with Crippen LogP contribution in [0.5, 0.6) is 0 Å². The highest BCUT2D eigenvalue weighted by molar-refractivity contribution is 6.76. The molecule has 0 saturated heterocycles. The van der Waals surface area contributed by atoms with Crippen LogP contribution in [-0.4, -0.2) is 90.9 Å². The molecule has 0 aromatic heterocycles. The predicted octanol–water partition coefficient (Wildman–Crippen LogP) is 14.2. The first-order chi connectivity index (χ1) is 27.3. The molecule has 0 rings (SSSR count). The van der Waals surface area contributed by atoms with E-state index in [4.69, 9.17) is 40.5 Å². The second kappa shape index (κ2) is 42.4. The molecule has 0 fully saturated rings. The maximum atomic E-state index is 13.1. The molecule has 0 amide bonds. The van der Waals surface area contributed by atoms with Gasteiger partial charge < -0.3 is 26.5 Å². The first-order valence-corrected chi connectivity index (χ1v) is 38.5. The van der Waals surface area contributed by atoms with E-state index >= 15 is 0 Å². The first-order valence-electron chi connectivity index (χ1n) is 20.6. The van der Waals surface area contributed by atoms with E-state index in [0.29, 0.717) is 70.4 Å². The van der Waals surface area contributed by atoms with Crippen molar-refractivity contribution in [1.82, 2.24) is 0 Å². The Bertz CT molecular complexity index is 1120. The van der Waals surface area contributed by atoms with Crippen molar-refractivity contribution in [3.05, 3.63) is 0 Å². The number of nitriles is 5. The molecule has 0 aromatic rings. The third-order valence-electron chi connectivity index (χ3n) is 7.11. The van der Waals surface area contributed by atoms with Crippen LogP contribution in [0.2, 0.25) is 108 Å². The van der Waals surface area contributed by atoms with Crippen molar-refractivity contribution in [3.63, 3.8) is 0 Å². The monoisotopic (exact) mass is 967 g/mol. The van der Waals surface area contributed by atoms with Gasteiger partial charge in [-0.05, 0) is 116 Å². The summed E-state index contributed by atoms with van der Waals surface area (Å²) < 4.78 is 102. The van der Waals surface area contributed by atoms with Crippen molar-refractivity contribution in [3.8, 4) is 30.3 Å². The Hall–Kier alpha value is -1.86. The van der Waals surface area contributed by atoms with Gasteiger partial charge in [-0.2, -0.15) is 26.3 Å². The molecule has 0 bridgehead atoms. The van der Waals surface area contributed by atoms with Crippen molar-refractivity contribution in [2.75, 3.05) is 40.1 Å². The lowest BCUT2D eigenvalue weighted by Gasteiger charge is -2.13. The zero-order valence-corrected chi connectivity index (χ0v) is 45.3. The fourth-order valence-corrected chi connectivity index (χ4v) is 9.43. The molecule has 0 spiro atoms. The Morgan fingerprint density at radius 2 is 0.783 bits per heavy atom. The minimum atomic E-state index is -3.90. The SMILES string of the molecule is CC(C#N)CC[Si](C)(C)F.COCCOCCOCCC[Si](C)(C)F.C[Si](C)(C)CCCC#N.C[Si](C)(F)CCCC#N.C[Si](F)(F)CCC#N.C[Si](F)(F)CCCC#N. The van der Waals surface area contributed by atoms with E-state index in [9.17, 15) is 28.8 Å². The van der Waals surface area contributed by atoms with Crippen LogP contribution in [0, 0.1) is 62.6 Å². The number of hydrogen-bond acceptors (Lipinski definition) is 8. The smallest absolute Gasteiger partial charge is 0.382 e. The largest absolute Gasteiger partial charge is 0.423 e. The standard InChI is InChI=1S/C10H23FO3Si.C7H14FNSi.C7H15NSi.C6H12FNSi.C5H9F2NSi.C4H7F2NSi/c1-12-6-7-14-9-8-13-5-4-10-15(2,3)11;1-7(6-9)4-5-10(2,3)8;1-9(2,3)7-5-4-6-8;1-9(2,7)6-4-3-5-8;1-9(6,7)5-3-2-4-8;1-8(5,6)4-2-3-7/h4-10H2,1-3H3;7H,4-5H2,1-3H3;4-5,7H2,1-3H3;3-4,6H2,1-2H3;2-3,5H2,1H3;2,4H2,1H3. The summed E-state index contributed by atoms with van der Waals surface area (Å²) in [4.78, 5) is 0. The molecule has 0 heterocycles. The third-order valence-corrected chi connectivity index (χ3v) is 15.9. The van der Waals surface area contributed by atoms with Gasteiger partial charge in [0.1, 0.15) is 0 Å². The highest BCUT2D eigenvalue weighted by Gasteiger charge is 2.27.